The Bertz CT molecular complexity index is 986. The molecule has 32 heavy (non-hydrogen) atoms. The SMILES string of the molecule is Cc1noc(C)c1COc1ccc(CC(=O)N(CCc2ccccc2)C2CCCC2)cc1. The molecule has 3 aromatic rings. The van der Waals surface area contributed by atoms with E-state index >= 15 is 0 Å². The van der Waals surface area contributed by atoms with Crippen LogP contribution < -0.4 is 4.74 Å². The fourth-order valence-electron chi connectivity index (χ4n) is 4.46. The molecular formula is C27H32N2O3. The van der Waals surface area contributed by atoms with Crippen LogP contribution >= 0.6 is 0 Å². The molecule has 168 valence electrons. The highest BCUT2D eigenvalue weighted by Crippen LogP contribution is 2.25. The Labute approximate surface area is 190 Å². The first-order valence-corrected chi connectivity index (χ1v) is 11.6. The predicted molar refractivity (Wildman–Crippen MR) is 125 cm³/mol. The molecule has 1 aromatic heterocycles. The second-order valence-electron chi connectivity index (χ2n) is 8.67. The normalized spacial score (nSPS) is 13.9. The molecule has 1 fully saturated rings. The summed E-state index contributed by atoms with van der Waals surface area (Å²) in [6, 6.07) is 18.7. The summed E-state index contributed by atoms with van der Waals surface area (Å²) in [4.78, 5) is 15.4. The fraction of sp³-hybridized carbons (Fsp3) is 0.407. The largest absolute Gasteiger partial charge is 0.489 e. The standard InChI is InChI=1S/C27H32N2O3/c1-20-26(21(2)32-28-20)19-31-25-14-12-23(13-15-25)18-27(30)29(24-10-6-7-11-24)17-16-22-8-4-3-5-9-22/h3-5,8-9,12-15,24H,6-7,10-11,16-19H2,1-2H3. The number of carbonyl (C=O) groups excluding carboxylic acids is 1. The zero-order valence-electron chi connectivity index (χ0n) is 19.0. The molecule has 0 unspecified atom stereocenters. The molecule has 4 rings (SSSR count). The summed E-state index contributed by atoms with van der Waals surface area (Å²) in [5, 5.41) is 3.96. The number of aromatic nitrogens is 1. The van der Waals surface area contributed by atoms with Crippen LogP contribution in [0.4, 0.5) is 0 Å². The average Bonchev–Trinajstić information content (AvgIpc) is 3.45. The Morgan fingerprint density at radius 1 is 1.03 bits per heavy atom. The summed E-state index contributed by atoms with van der Waals surface area (Å²) in [7, 11) is 0. The smallest absolute Gasteiger partial charge is 0.227 e. The second kappa shape index (κ2) is 10.5. The van der Waals surface area contributed by atoms with E-state index < -0.39 is 0 Å². The number of carbonyl (C=O) groups is 1. The summed E-state index contributed by atoms with van der Waals surface area (Å²) >= 11 is 0. The highest BCUT2D eigenvalue weighted by Gasteiger charge is 2.26. The van der Waals surface area contributed by atoms with Gasteiger partial charge in [-0.3, -0.25) is 4.79 Å². The third-order valence-electron chi connectivity index (χ3n) is 6.41. The maximum absolute atomic E-state index is 13.2. The molecule has 0 radical (unpaired) electrons. The molecule has 0 bridgehead atoms. The summed E-state index contributed by atoms with van der Waals surface area (Å²) in [5.41, 5.74) is 4.13. The van der Waals surface area contributed by atoms with E-state index in [1.807, 2.05) is 44.2 Å². The van der Waals surface area contributed by atoms with Crippen LogP contribution in [0.2, 0.25) is 0 Å². The van der Waals surface area contributed by atoms with Gasteiger partial charge in [0.15, 0.2) is 0 Å². The first-order chi connectivity index (χ1) is 15.6. The van der Waals surface area contributed by atoms with Gasteiger partial charge in [0.1, 0.15) is 18.1 Å². The number of rotatable bonds is 9. The van der Waals surface area contributed by atoms with Crippen molar-refractivity contribution in [1.82, 2.24) is 10.1 Å². The monoisotopic (exact) mass is 432 g/mol. The Hall–Kier alpha value is -3.08. The zero-order chi connectivity index (χ0) is 22.3. The van der Waals surface area contributed by atoms with Crippen LogP contribution in [0.15, 0.2) is 59.1 Å². The van der Waals surface area contributed by atoms with Crippen LogP contribution in [0.5, 0.6) is 5.75 Å². The van der Waals surface area contributed by atoms with Gasteiger partial charge < -0.3 is 14.2 Å². The Balaban J connectivity index is 1.35. The van der Waals surface area contributed by atoms with E-state index in [9.17, 15) is 4.79 Å². The highest BCUT2D eigenvalue weighted by molar-refractivity contribution is 5.79. The molecule has 1 saturated carbocycles. The molecule has 1 aliphatic carbocycles. The number of nitrogens with zero attached hydrogens (tertiary/aromatic N) is 2. The highest BCUT2D eigenvalue weighted by atomic mass is 16.5. The van der Waals surface area contributed by atoms with Gasteiger partial charge in [0.2, 0.25) is 5.91 Å². The van der Waals surface area contributed by atoms with Gasteiger partial charge in [-0.25, -0.2) is 0 Å². The van der Waals surface area contributed by atoms with Crippen LogP contribution in [-0.4, -0.2) is 28.6 Å². The van der Waals surface area contributed by atoms with Crippen molar-refractivity contribution in [3.63, 3.8) is 0 Å². The summed E-state index contributed by atoms with van der Waals surface area (Å²) < 4.78 is 11.1. The Morgan fingerprint density at radius 2 is 1.75 bits per heavy atom. The van der Waals surface area contributed by atoms with Gasteiger partial charge >= 0.3 is 0 Å². The molecule has 1 heterocycles. The van der Waals surface area contributed by atoms with Crippen molar-refractivity contribution in [3.8, 4) is 5.75 Å². The lowest BCUT2D eigenvalue weighted by atomic mass is 10.1. The minimum absolute atomic E-state index is 0.220. The molecule has 0 saturated heterocycles. The van der Waals surface area contributed by atoms with Gasteiger partial charge in [0, 0.05) is 12.6 Å². The minimum Gasteiger partial charge on any atom is -0.489 e. The van der Waals surface area contributed by atoms with E-state index in [4.69, 9.17) is 9.26 Å². The number of aryl methyl sites for hydroxylation is 2. The molecule has 5 heteroatoms. The van der Waals surface area contributed by atoms with E-state index in [0.29, 0.717) is 19.1 Å². The maximum Gasteiger partial charge on any atom is 0.227 e. The van der Waals surface area contributed by atoms with E-state index in [2.05, 4.69) is 34.3 Å². The minimum atomic E-state index is 0.220. The van der Waals surface area contributed by atoms with Gasteiger partial charge in [0.25, 0.3) is 0 Å². The molecule has 0 spiro atoms. The number of benzene rings is 2. The van der Waals surface area contributed by atoms with E-state index in [-0.39, 0.29) is 5.91 Å². The molecule has 5 nitrogen and oxygen atoms in total. The first-order valence-electron chi connectivity index (χ1n) is 11.6. The van der Waals surface area contributed by atoms with Crippen molar-refractivity contribution in [2.45, 2.75) is 65.0 Å². The number of hydrogen-bond acceptors (Lipinski definition) is 4. The van der Waals surface area contributed by atoms with E-state index in [0.717, 1.165) is 54.1 Å². The predicted octanol–water partition coefficient (Wildman–Crippen LogP) is 5.43. The lowest BCUT2D eigenvalue weighted by molar-refractivity contribution is -0.132. The molecule has 1 aliphatic rings. The van der Waals surface area contributed by atoms with Gasteiger partial charge in [-0.05, 0) is 56.4 Å². The molecule has 0 N–H and O–H groups in total. The van der Waals surface area contributed by atoms with E-state index in [1.54, 1.807) is 0 Å². The second-order valence-corrected chi connectivity index (χ2v) is 8.67. The van der Waals surface area contributed by atoms with Crippen molar-refractivity contribution in [3.05, 3.63) is 82.7 Å². The average molecular weight is 433 g/mol. The Kier molecular flexibility index (Phi) is 7.25. The third kappa shape index (κ3) is 5.58. The van der Waals surface area contributed by atoms with Crippen LogP contribution in [0, 0.1) is 13.8 Å². The molecular weight excluding hydrogens is 400 g/mol. The molecule has 1 amide bonds. The number of amides is 1. The maximum atomic E-state index is 13.2. The van der Waals surface area contributed by atoms with E-state index in [1.165, 1.54) is 18.4 Å². The van der Waals surface area contributed by atoms with Crippen molar-refractivity contribution in [2.24, 2.45) is 0 Å². The van der Waals surface area contributed by atoms with Gasteiger partial charge in [0.05, 0.1) is 17.7 Å². The Morgan fingerprint density at radius 3 is 2.41 bits per heavy atom. The van der Waals surface area contributed by atoms with Crippen LogP contribution in [-0.2, 0) is 24.2 Å². The summed E-state index contributed by atoms with van der Waals surface area (Å²) in [6.07, 6.45) is 6.00. The number of hydrogen-bond donors (Lipinski definition) is 0. The van der Waals surface area contributed by atoms with Crippen molar-refractivity contribution < 1.29 is 14.1 Å². The lowest BCUT2D eigenvalue weighted by Crippen LogP contribution is -2.41. The van der Waals surface area contributed by atoms with Gasteiger partial charge in [-0.2, -0.15) is 0 Å². The van der Waals surface area contributed by atoms with Crippen LogP contribution in [0.1, 0.15) is 53.8 Å². The quantitative estimate of drug-likeness (QED) is 0.453. The van der Waals surface area contributed by atoms with Gasteiger partial charge in [-0.15, -0.1) is 0 Å². The fourth-order valence-corrected chi connectivity index (χ4v) is 4.46. The molecule has 2 aromatic carbocycles. The van der Waals surface area contributed by atoms with Crippen molar-refractivity contribution in [2.75, 3.05) is 6.54 Å². The number of ether oxygens (including phenoxy) is 1. The van der Waals surface area contributed by atoms with Crippen molar-refractivity contribution in [1.29, 1.82) is 0 Å². The van der Waals surface area contributed by atoms with Crippen LogP contribution in [0.3, 0.4) is 0 Å². The first kappa shape index (κ1) is 22.1. The van der Waals surface area contributed by atoms with Crippen LogP contribution in [0.25, 0.3) is 0 Å². The zero-order valence-corrected chi connectivity index (χ0v) is 19.0. The summed E-state index contributed by atoms with van der Waals surface area (Å²) in [6.45, 7) is 5.01. The molecule has 0 atom stereocenters. The third-order valence-corrected chi connectivity index (χ3v) is 6.41. The topological polar surface area (TPSA) is 55.6 Å². The molecule has 0 aliphatic heterocycles. The van der Waals surface area contributed by atoms with Crippen molar-refractivity contribution >= 4 is 5.91 Å². The van der Waals surface area contributed by atoms with Gasteiger partial charge in [-0.1, -0.05) is 60.5 Å². The summed E-state index contributed by atoms with van der Waals surface area (Å²) in [5.74, 6) is 1.78. The lowest BCUT2D eigenvalue weighted by Gasteiger charge is -2.29.